The maximum Gasteiger partial charge on any atom is 0.260 e. The lowest BCUT2D eigenvalue weighted by Crippen LogP contribution is -2.49. The number of hydrazone groups is 1. The number of aromatic nitrogens is 1. The van der Waals surface area contributed by atoms with Crippen LogP contribution in [0.5, 0.6) is 11.5 Å². The average molecular weight is 465 g/mol. The van der Waals surface area contributed by atoms with Gasteiger partial charge in [-0.05, 0) is 62.9 Å². The molecule has 1 aromatic carbocycles. The van der Waals surface area contributed by atoms with Crippen LogP contribution in [0.1, 0.15) is 38.7 Å². The maximum absolute atomic E-state index is 12.7. The summed E-state index contributed by atoms with van der Waals surface area (Å²) in [7, 11) is 1.55. The van der Waals surface area contributed by atoms with Crippen LogP contribution in [-0.4, -0.2) is 47.8 Å². The van der Waals surface area contributed by atoms with E-state index in [4.69, 9.17) is 32.7 Å². The van der Waals surface area contributed by atoms with Gasteiger partial charge in [-0.1, -0.05) is 23.2 Å². The Morgan fingerprint density at radius 1 is 1.26 bits per heavy atom. The summed E-state index contributed by atoms with van der Waals surface area (Å²) in [5.74, 6) is 1.40. The van der Waals surface area contributed by atoms with Crippen molar-refractivity contribution in [2.24, 2.45) is 5.10 Å². The number of hydrogen-bond acceptors (Lipinski definition) is 6. The number of nitrogens with zero attached hydrogens (tertiary/aromatic N) is 3. The molecule has 1 amide bonds. The number of carbonyl (C=O) groups is 1. The van der Waals surface area contributed by atoms with Gasteiger partial charge in [0.05, 0.1) is 23.4 Å². The van der Waals surface area contributed by atoms with Crippen LogP contribution in [0.3, 0.4) is 0 Å². The summed E-state index contributed by atoms with van der Waals surface area (Å²) in [6, 6.07) is 7.39. The molecule has 7 nitrogen and oxygen atoms in total. The fraction of sp³-hybridized carbons (Fsp3) is 0.409. The van der Waals surface area contributed by atoms with E-state index in [1.807, 2.05) is 11.0 Å². The van der Waals surface area contributed by atoms with Gasteiger partial charge < -0.3 is 14.4 Å². The van der Waals surface area contributed by atoms with Gasteiger partial charge in [0, 0.05) is 18.3 Å². The molecule has 1 saturated heterocycles. The molecule has 0 bridgehead atoms. The molecule has 1 aromatic heterocycles. The maximum atomic E-state index is 12.7. The molecule has 166 valence electrons. The van der Waals surface area contributed by atoms with Crippen LogP contribution in [-0.2, 0) is 4.79 Å². The average Bonchev–Trinajstić information content (AvgIpc) is 2.74. The van der Waals surface area contributed by atoms with Gasteiger partial charge in [0.15, 0.2) is 23.9 Å². The molecule has 0 saturated carbocycles. The minimum Gasteiger partial charge on any atom is -0.493 e. The Balaban J connectivity index is 1.62. The summed E-state index contributed by atoms with van der Waals surface area (Å²) < 4.78 is 11.2. The van der Waals surface area contributed by atoms with Gasteiger partial charge in [-0.2, -0.15) is 5.10 Å². The predicted molar refractivity (Wildman–Crippen MR) is 124 cm³/mol. The quantitative estimate of drug-likeness (QED) is 0.460. The Labute approximate surface area is 192 Å². The van der Waals surface area contributed by atoms with Gasteiger partial charge in [-0.25, -0.2) is 4.98 Å². The Bertz CT molecular complexity index is 944. The molecular weight excluding hydrogens is 439 g/mol. The summed E-state index contributed by atoms with van der Waals surface area (Å²) in [5.41, 5.74) is 3.54. The van der Waals surface area contributed by atoms with Crippen molar-refractivity contribution in [3.63, 3.8) is 0 Å². The number of halogens is 2. The fourth-order valence-corrected chi connectivity index (χ4v) is 4.10. The smallest absolute Gasteiger partial charge is 0.260 e. The summed E-state index contributed by atoms with van der Waals surface area (Å²) in [6.45, 7) is 4.15. The van der Waals surface area contributed by atoms with Crippen molar-refractivity contribution >= 4 is 41.1 Å². The number of methoxy groups -OCH3 is 1. The highest BCUT2D eigenvalue weighted by Crippen LogP contribution is 2.29. The highest BCUT2D eigenvalue weighted by atomic mass is 35.5. The number of piperidine rings is 1. The van der Waals surface area contributed by atoms with Crippen molar-refractivity contribution in [1.29, 1.82) is 0 Å². The molecule has 2 atom stereocenters. The molecule has 0 spiro atoms. The standard InChI is InChI=1S/C22H26Cl2N4O3/c1-14-5-4-6-15(2)28(14)21(29)13-31-19-8-7-16(9-20(19)30-3)11-26-27-22-18(24)10-17(23)12-25-22/h7-12,14-15H,4-6,13H2,1-3H3,(H,25,27)/b26-11+. The summed E-state index contributed by atoms with van der Waals surface area (Å²) in [5, 5.41) is 4.95. The Hall–Kier alpha value is -2.51. The van der Waals surface area contributed by atoms with Crippen molar-refractivity contribution in [3.05, 3.63) is 46.1 Å². The number of likely N-dealkylation sites (tertiary alicyclic amines) is 1. The first-order valence-corrected chi connectivity index (χ1v) is 10.9. The molecule has 31 heavy (non-hydrogen) atoms. The third-order valence-corrected chi connectivity index (χ3v) is 5.71. The third kappa shape index (κ3) is 6.02. The zero-order valence-electron chi connectivity index (χ0n) is 17.8. The summed E-state index contributed by atoms with van der Waals surface area (Å²) in [4.78, 5) is 18.7. The van der Waals surface area contributed by atoms with E-state index in [0.717, 1.165) is 24.8 Å². The molecule has 2 aromatic rings. The molecule has 9 heteroatoms. The van der Waals surface area contributed by atoms with Gasteiger partial charge in [0.2, 0.25) is 0 Å². The lowest BCUT2D eigenvalue weighted by molar-refractivity contribution is -0.139. The van der Waals surface area contributed by atoms with Crippen LogP contribution in [0.2, 0.25) is 10.0 Å². The van der Waals surface area contributed by atoms with Crippen molar-refractivity contribution in [1.82, 2.24) is 9.88 Å². The van der Waals surface area contributed by atoms with Crippen LogP contribution in [0, 0.1) is 0 Å². The molecule has 1 N–H and O–H groups in total. The van der Waals surface area contributed by atoms with E-state index in [0.29, 0.717) is 27.4 Å². The third-order valence-electron chi connectivity index (χ3n) is 5.21. The molecule has 0 aliphatic carbocycles. The van der Waals surface area contributed by atoms with E-state index in [1.165, 1.54) is 6.20 Å². The van der Waals surface area contributed by atoms with E-state index >= 15 is 0 Å². The SMILES string of the molecule is COc1cc(/C=N/Nc2ncc(Cl)cc2Cl)ccc1OCC(=O)N1C(C)CCCC1C. The Morgan fingerprint density at radius 3 is 2.68 bits per heavy atom. The second-order valence-electron chi connectivity index (χ2n) is 7.48. The molecule has 2 heterocycles. The van der Waals surface area contributed by atoms with Crippen LogP contribution in [0.25, 0.3) is 0 Å². The highest BCUT2D eigenvalue weighted by molar-refractivity contribution is 6.35. The number of nitrogens with one attached hydrogen (secondary N) is 1. The minimum atomic E-state index is -0.0270. The lowest BCUT2D eigenvalue weighted by Gasteiger charge is -2.39. The summed E-state index contributed by atoms with van der Waals surface area (Å²) >= 11 is 11.9. The number of hydrogen-bond donors (Lipinski definition) is 1. The number of amides is 1. The molecule has 1 aliphatic rings. The number of carbonyl (C=O) groups excluding carboxylic acids is 1. The predicted octanol–water partition coefficient (Wildman–Crippen LogP) is 5.01. The van der Waals surface area contributed by atoms with Crippen LogP contribution in [0.4, 0.5) is 5.82 Å². The van der Waals surface area contributed by atoms with Crippen LogP contribution >= 0.6 is 23.2 Å². The minimum absolute atomic E-state index is 0.0102. The number of rotatable bonds is 7. The fourth-order valence-electron chi connectivity index (χ4n) is 3.68. The zero-order chi connectivity index (χ0) is 22.4. The summed E-state index contributed by atoms with van der Waals surface area (Å²) in [6.07, 6.45) is 6.28. The van der Waals surface area contributed by atoms with Crippen LogP contribution < -0.4 is 14.9 Å². The van der Waals surface area contributed by atoms with E-state index in [1.54, 1.807) is 31.5 Å². The van der Waals surface area contributed by atoms with Crippen molar-refractivity contribution < 1.29 is 14.3 Å². The van der Waals surface area contributed by atoms with Crippen LogP contribution in [0.15, 0.2) is 35.6 Å². The first-order chi connectivity index (χ1) is 14.9. The number of benzene rings is 1. The second-order valence-corrected chi connectivity index (χ2v) is 8.33. The Kier molecular flexibility index (Phi) is 7.98. The monoisotopic (exact) mass is 464 g/mol. The zero-order valence-corrected chi connectivity index (χ0v) is 19.3. The highest BCUT2D eigenvalue weighted by Gasteiger charge is 2.29. The van der Waals surface area contributed by atoms with Gasteiger partial charge in [0.25, 0.3) is 5.91 Å². The number of pyridine rings is 1. The second kappa shape index (κ2) is 10.7. The number of ether oxygens (including phenoxy) is 2. The molecule has 0 radical (unpaired) electrons. The van der Waals surface area contributed by atoms with Crippen molar-refractivity contribution in [3.8, 4) is 11.5 Å². The van der Waals surface area contributed by atoms with E-state index < -0.39 is 0 Å². The topological polar surface area (TPSA) is 76.0 Å². The normalized spacial score (nSPS) is 18.8. The van der Waals surface area contributed by atoms with E-state index in [2.05, 4.69) is 29.4 Å². The van der Waals surface area contributed by atoms with Gasteiger partial charge in [0.1, 0.15) is 0 Å². The first-order valence-electron chi connectivity index (χ1n) is 10.1. The van der Waals surface area contributed by atoms with E-state index in [-0.39, 0.29) is 24.6 Å². The van der Waals surface area contributed by atoms with E-state index in [9.17, 15) is 4.79 Å². The van der Waals surface area contributed by atoms with Crippen molar-refractivity contribution in [2.75, 3.05) is 19.1 Å². The lowest BCUT2D eigenvalue weighted by atomic mass is 9.97. The van der Waals surface area contributed by atoms with Crippen molar-refractivity contribution in [2.45, 2.75) is 45.2 Å². The van der Waals surface area contributed by atoms with Gasteiger partial charge in [-0.15, -0.1) is 0 Å². The molecule has 2 unspecified atom stereocenters. The van der Waals surface area contributed by atoms with Gasteiger partial charge in [-0.3, -0.25) is 10.2 Å². The first kappa shape index (κ1) is 23.2. The molecule has 1 fully saturated rings. The largest absolute Gasteiger partial charge is 0.493 e. The molecular formula is C22H26Cl2N4O3. The molecule has 1 aliphatic heterocycles. The Morgan fingerprint density at radius 2 is 2.00 bits per heavy atom. The van der Waals surface area contributed by atoms with Gasteiger partial charge >= 0.3 is 0 Å². The molecule has 3 rings (SSSR count). The number of anilines is 1.